The first kappa shape index (κ1) is 17.9. The Morgan fingerprint density at radius 2 is 1.62 bits per heavy atom. The minimum atomic E-state index is -0.411. The van der Waals surface area contributed by atoms with Crippen LogP contribution in [0.15, 0.2) is 65.3 Å². The van der Waals surface area contributed by atoms with Crippen LogP contribution in [0.2, 0.25) is 0 Å². The van der Waals surface area contributed by atoms with Crippen LogP contribution in [-0.2, 0) is 9.53 Å². The quantitative estimate of drug-likeness (QED) is 0.540. The molecule has 0 N–H and O–H groups in total. The molecule has 4 heteroatoms. The summed E-state index contributed by atoms with van der Waals surface area (Å²) in [5.74, 6) is -0.0536. The third kappa shape index (κ3) is 4.20. The third-order valence-electron chi connectivity index (χ3n) is 4.19. The Labute approximate surface area is 154 Å². The fraction of sp³-hybridized carbons (Fsp3) is 0.273. The molecule has 3 rings (SSSR count). The van der Waals surface area contributed by atoms with Gasteiger partial charge < -0.3 is 9.64 Å². The maximum atomic E-state index is 12.1. The van der Waals surface area contributed by atoms with Crippen LogP contribution in [0.25, 0.3) is 6.08 Å². The molecule has 2 aromatic rings. The van der Waals surface area contributed by atoms with E-state index in [1.165, 1.54) is 5.69 Å². The number of benzene rings is 2. The van der Waals surface area contributed by atoms with Crippen molar-refractivity contribution in [3.05, 3.63) is 71.4 Å². The number of aliphatic imine (C=N–C) groups is 1. The van der Waals surface area contributed by atoms with Crippen LogP contribution in [0, 0.1) is 0 Å². The largest absolute Gasteiger partial charge is 0.402 e. The molecule has 1 aliphatic rings. The average Bonchev–Trinajstić information content (AvgIpc) is 3.03. The van der Waals surface area contributed by atoms with Gasteiger partial charge in [0.25, 0.3) is 0 Å². The van der Waals surface area contributed by atoms with E-state index < -0.39 is 5.97 Å². The molecule has 0 bridgehead atoms. The van der Waals surface area contributed by atoms with E-state index in [0.29, 0.717) is 11.6 Å². The summed E-state index contributed by atoms with van der Waals surface area (Å²) in [4.78, 5) is 18.8. The van der Waals surface area contributed by atoms with Crippen molar-refractivity contribution in [3.63, 3.8) is 0 Å². The predicted octanol–water partition coefficient (Wildman–Crippen LogP) is 4.66. The van der Waals surface area contributed by atoms with E-state index in [2.05, 4.69) is 35.9 Å². The highest BCUT2D eigenvalue weighted by atomic mass is 16.6. The molecule has 0 unspecified atom stereocenters. The highest BCUT2D eigenvalue weighted by Gasteiger charge is 2.23. The van der Waals surface area contributed by atoms with E-state index in [1.807, 2.05) is 42.5 Å². The number of hydrogen-bond acceptors (Lipinski definition) is 4. The Hall–Kier alpha value is -2.88. The number of nitrogens with zero attached hydrogens (tertiary/aromatic N) is 2. The first-order valence-electron chi connectivity index (χ1n) is 9.14. The lowest BCUT2D eigenvalue weighted by molar-refractivity contribution is -0.129. The Balaban J connectivity index is 1.79. The molecule has 1 heterocycles. The SMILES string of the molecule is CCCN(CCC)c1ccc(C=C2N=C(c3ccccc3)OC2=O)cc1. The van der Waals surface area contributed by atoms with Gasteiger partial charge in [0, 0.05) is 24.3 Å². The molecule has 134 valence electrons. The molecular formula is C22H24N2O2. The van der Waals surface area contributed by atoms with Crippen LogP contribution in [-0.4, -0.2) is 25.0 Å². The van der Waals surface area contributed by atoms with Gasteiger partial charge in [0.1, 0.15) is 0 Å². The van der Waals surface area contributed by atoms with Crippen molar-refractivity contribution >= 4 is 23.6 Å². The summed E-state index contributed by atoms with van der Waals surface area (Å²) >= 11 is 0. The highest BCUT2D eigenvalue weighted by Crippen LogP contribution is 2.21. The number of cyclic esters (lactones) is 1. The van der Waals surface area contributed by atoms with Gasteiger partial charge in [-0.1, -0.05) is 44.2 Å². The summed E-state index contributed by atoms with van der Waals surface area (Å²) in [7, 11) is 0. The van der Waals surface area contributed by atoms with Crippen molar-refractivity contribution in [3.8, 4) is 0 Å². The predicted molar refractivity (Wildman–Crippen MR) is 106 cm³/mol. The molecule has 0 saturated heterocycles. The van der Waals surface area contributed by atoms with E-state index in [0.717, 1.165) is 37.1 Å². The van der Waals surface area contributed by atoms with Gasteiger partial charge in [-0.3, -0.25) is 0 Å². The number of ether oxygens (including phenoxy) is 1. The number of anilines is 1. The Morgan fingerprint density at radius 3 is 2.23 bits per heavy atom. The fourth-order valence-corrected chi connectivity index (χ4v) is 2.96. The zero-order valence-corrected chi connectivity index (χ0v) is 15.3. The van der Waals surface area contributed by atoms with Crippen LogP contribution < -0.4 is 4.90 Å². The Kier molecular flexibility index (Phi) is 5.84. The topological polar surface area (TPSA) is 41.9 Å². The van der Waals surface area contributed by atoms with Gasteiger partial charge in [0.15, 0.2) is 5.70 Å². The molecule has 26 heavy (non-hydrogen) atoms. The van der Waals surface area contributed by atoms with Gasteiger partial charge in [-0.2, -0.15) is 0 Å². The first-order valence-corrected chi connectivity index (χ1v) is 9.14. The minimum Gasteiger partial charge on any atom is -0.402 e. The average molecular weight is 348 g/mol. The normalized spacial score (nSPS) is 15.1. The summed E-state index contributed by atoms with van der Waals surface area (Å²) in [6, 6.07) is 17.7. The van der Waals surface area contributed by atoms with Crippen molar-refractivity contribution in [2.75, 3.05) is 18.0 Å². The van der Waals surface area contributed by atoms with Crippen LogP contribution in [0.5, 0.6) is 0 Å². The number of rotatable bonds is 7. The van der Waals surface area contributed by atoms with Crippen LogP contribution in [0.4, 0.5) is 5.69 Å². The zero-order valence-electron chi connectivity index (χ0n) is 15.3. The van der Waals surface area contributed by atoms with Crippen molar-refractivity contribution in [1.82, 2.24) is 0 Å². The van der Waals surface area contributed by atoms with Gasteiger partial charge in [0.05, 0.1) is 0 Å². The lowest BCUT2D eigenvalue weighted by Gasteiger charge is -2.23. The Morgan fingerprint density at radius 1 is 0.962 bits per heavy atom. The molecule has 1 aliphatic heterocycles. The van der Waals surface area contributed by atoms with Crippen molar-refractivity contribution in [1.29, 1.82) is 0 Å². The van der Waals surface area contributed by atoms with Gasteiger partial charge in [-0.25, -0.2) is 9.79 Å². The van der Waals surface area contributed by atoms with Crippen LogP contribution in [0.3, 0.4) is 0 Å². The van der Waals surface area contributed by atoms with Crippen LogP contribution in [0.1, 0.15) is 37.8 Å². The molecule has 0 radical (unpaired) electrons. The molecule has 0 saturated carbocycles. The minimum absolute atomic E-state index is 0.329. The van der Waals surface area contributed by atoms with E-state index in [-0.39, 0.29) is 0 Å². The summed E-state index contributed by atoms with van der Waals surface area (Å²) in [5, 5.41) is 0. The summed E-state index contributed by atoms with van der Waals surface area (Å²) in [6.07, 6.45) is 4.01. The van der Waals surface area contributed by atoms with Gasteiger partial charge in [-0.05, 0) is 48.7 Å². The maximum Gasteiger partial charge on any atom is 0.363 e. The maximum absolute atomic E-state index is 12.1. The van der Waals surface area contributed by atoms with E-state index in [1.54, 1.807) is 6.08 Å². The standard InChI is InChI=1S/C22H24N2O2/c1-3-14-24(15-4-2)19-12-10-17(11-13-19)16-20-22(25)26-21(23-20)18-8-6-5-7-9-18/h5-13,16H,3-4,14-15H2,1-2H3. The second-order valence-corrected chi connectivity index (χ2v) is 6.28. The molecular weight excluding hydrogens is 324 g/mol. The lowest BCUT2D eigenvalue weighted by atomic mass is 10.1. The van der Waals surface area contributed by atoms with Crippen molar-refractivity contribution < 1.29 is 9.53 Å². The van der Waals surface area contributed by atoms with Gasteiger partial charge >= 0.3 is 5.97 Å². The molecule has 0 fully saturated rings. The van der Waals surface area contributed by atoms with E-state index in [4.69, 9.17) is 4.74 Å². The first-order chi connectivity index (χ1) is 12.7. The third-order valence-corrected chi connectivity index (χ3v) is 4.19. The molecule has 4 nitrogen and oxygen atoms in total. The molecule has 0 spiro atoms. The number of carbonyl (C=O) groups excluding carboxylic acids is 1. The van der Waals surface area contributed by atoms with E-state index >= 15 is 0 Å². The number of esters is 1. The highest BCUT2D eigenvalue weighted by molar-refractivity contribution is 6.12. The summed E-state index contributed by atoms with van der Waals surface area (Å²) in [6.45, 7) is 6.47. The molecule has 0 atom stereocenters. The lowest BCUT2D eigenvalue weighted by Crippen LogP contribution is -2.24. The number of carbonyl (C=O) groups is 1. The van der Waals surface area contributed by atoms with Crippen molar-refractivity contribution in [2.24, 2.45) is 4.99 Å². The summed E-state index contributed by atoms with van der Waals surface area (Å²) in [5.41, 5.74) is 3.27. The van der Waals surface area contributed by atoms with E-state index in [9.17, 15) is 4.79 Å². The van der Waals surface area contributed by atoms with Gasteiger partial charge in [0.2, 0.25) is 5.90 Å². The Bertz CT molecular complexity index is 802. The zero-order chi connectivity index (χ0) is 18.4. The second kappa shape index (κ2) is 8.48. The monoisotopic (exact) mass is 348 g/mol. The van der Waals surface area contributed by atoms with Crippen molar-refractivity contribution in [2.45, 2.75) is 26.7 Å². The fourth-order valence-electron chi connectivity index (χ4n) is 2.96. The van der Waals surface area contributed by atoms with Crippen LogP contribution >= 0.6 is 0 Å². The number of hydrogen-bond donors (Lipinski definition) is 0. The summed E-state index contributed by atoms with van der Waals surface area (Å²) < 4.78 is 5.29. The second-order valence-electron chi connectivity index (χ2n) is 6.28. The molecule has 0 aliphatic carbocycles. The van der Waals surface area contributed by atoms with Gasteiger partial charge in [-0.15, -0.1) is 0 Å². The smallest absolute Gasteiger partial charge is 0.363 e. The molecule has 0 amide bonds. The molecule has 2 aromatic carbocycles. The molecule has 0 aromatic heterocycles.